The number of hydrogen-bond acceptors (Lipinski definition) is 5. The maximum Gasteiger partial charge on any atom is 0.344 e. The zero-order chi connectivity index (χ0) is 12.5. The highest BCUT2D eigenvalue weighted by atomic mass is 35.5. The Kier molecular flexibility index (Phi) is 3.56. The van der Waals surface area contributed by atoms with E-state index in [0.717, 1.165) is 4.68 Å². The molecule has 0 aliphatic rings. The Labute approximate surface area is 96.7 Å². The molecule has 0 saturated heterocycles. The molecule has 0 saturated carbocycles. The second-order valence-corrected chi connectivity index (χ2v) is 4.48. The molecule has 0 bridgehead atoms. The molecule has 1 heterocycles. The zero-order valence-corrected chi connectivity index (χ0v) is 10.0. The van der Waals surface area contributed by atoms with Crippen molar-refractivity contribution in [1.82, 2.24) is 9.78 Å². The molecule has 7 nitrogen and oxygen atoms in total. The smallest absolute Gasteiger partial charge is 0.344 e. The van der Waals surface area contributed by atoms with Gasteiger partial charge >= 0.3 is 16.1 Å². The fourth-order valence-electron chi connectivity index (χ4n) is 1.15. The number of carbonyl (C=O) groups is 1. The van der Waals surface area contributed by atoms with Crippen molar-refractivity contribution in [1.29, 1.82) is 0 Å². The van der Waals surface area contributed by atoms with E-state index in [0.29, 0.717) is 0 Å². The van der Waals surface area contributed by atoms with Crippen molar-refractivity contribution in [2.24, 2.45) is 7.05 Å². The number of nitrogens with zero attached hydrogens (tertiary/aromatic N) is 2. The van der Waals surface area contributed by atoms with Gasteiger partial charge in [0.05, 0.1) is 6.61 Å². The third kappa shape index (κ3) is 2.34. The second-order valence-electron chi connectivity index (χ2n) is 2.79. The van der Waals surface area contributed by atoms with E-state index in [4.69, 9.17) is 16.2 Å². The first-order valence-electron chi connectivity index (χ1n) is 4.16. The summed E-state index contributed by atoms with van der Waals surface area (Å²) in [6.07, 6.45) is 0. The van der Waals surface area contributed by atoms with E-state index in [1.165, 1.54) is 7.05 Å². The lowest BCUT2D eigenvalue weighted by molar-refractivity contribution is 0.0521. The van der Waals surface area contributed by atoms with Gasteiger partial charge in [0.15, 0.2) is 10.2 Å². The van der Waals surface area contributed by atoms with Gasteiger partial charge in [-0.3, -0.25) is 9.23 Å². The van der Waals surface area contributed by atoms with E-state index < -0.39 is 26.7 Å². The Morgan fingerprint density at radius 3 is 2.62 bits per heavy atom. The molecule has 0 amide bonds. The first-order valence-corrected chi connectivity index (χ1v) is 5.98. The normalized spacial score (nSPS) is 11.5. The number of rotatable bonds is 3. The minimum atomic E-state index is -4.59. The topological polar surface area (TPSA) is 98.5 Å². The van der Waals surface area contributed by atoms with Gasteiger partial charge in [0.2, 0.25) is 0 Å². The summed E-state index contributed by atoms with van der Waals surface area (Å²) in [7, 11) is -3.36. The second kappa shape index (κ2) is 4.40. The van der Waals surface area contributed by atoms with E-state index in [1.54, 1.807) is 6.92 Å². The number of ether oxygens (including phenoxy) is 1. The quantitative estimate of drug-likeness (QED) is 0.633. The lowest BCUT2D eigenvalue weighted by Gasteiger charge is -2.02. The third-order valence-corrected chi connectivity index (χ3v) is 2.90. The standard InChI is InChI=1S/C7H9ClN2O5S/c1-3-15-7(11)4-5(8)9-10(2)6(4)16(12,13)14/h3H2,1-2H3,(H,12,13,14). The van der Waals surface area contributed by atoms with Crippen LogP contribution in [0.15, 0.2) is 5.03 Å². The minimum Gasteiger partial charge on any atom is -0.462 e. The van der Waals surface area contributed by atoms with Crippen molar-refractivity contribution >= 4 is 27.7 Å². The van der Waals surface area contributed by atoms with Crippen LogP contribution < -0.4 is 0 Å². The first kappa shape index (κ1) is 12.9. The summed E-state index contributed by atoms with van der Waals surface area (Å²) in [6.45, 7) is 1.60. The molecule has 90 valence electrons. The number of carbonyl (C=O) groups excluding carboxylic acids is 1. The Balaban J connectivity index is 3.44. The molecule has 1 aromatic heterocycles. The summed E-state index contributed by atoms with van der Waals surface area (Å²) in [6, 6.07) is 0. The Hall–Kier alpha value is -1.12. The van der Waals surface area contributed by atoms with Crippen molar-refractivity contribution in [3.63, 3.8) is 0 Å². The van der Waals surface area contributed by atoms with E-state index in [2.05, 4.69) is 9.84 Å². The summed E-state index contributed by atoms with van der Waals surface area (Å²) in [4.78, 5) is 11.4. The molecule has 0 unspecified atom stereocenters. The van der Waals surface area contributed by atoms with Gasteiger partial charge in [-0.05, 0) is 6.92 Å². The van der Waals surface area contributed by atoms with Gasteiger partial charge in [-0.2, -0.15) is 13.5 Å². The Morgan fingerprint density at radius 1 is 1.62 bits per heavy atom. The van der Waals surface area contributed by atoms with Crippen LogP contribution in [0.4, 0.5) is 0 Å². The average Bonchev–Trinajstić information content (AvgIpc) is 2.40. The third-order valence-electron chi connectivity index (χ3n) is 1.68. The predicted octanol–water partition coefficient (Wildman–Crippen LogP) is 0.497. The largest absolute Gasteiger partial charge is 0.462 e. The number of aromatic nitrogens is 2. The molecule has 9 heteroatoms. The van der Waals surface area contributed by atoms with Crippen molar-refractivity contribution in [3.8, 4) is 0 Å². The van der Waals surface area contributed by atoms with Gasteiger partial charge in [0.1, 0.15) is 5.56 Å². The molecule has 0 radical (unpaired) electrons. The van der Waals surface area contributed by atoms with Crippen molar-refractivity contribution in [2.45, 2.75) is 11.9 Å². The van der Waals surface area contributed by atoms with Crippen LogP contribution in [0.5, 0.6) is 0 Å². The van der Waals surface area contributed by atoms with Crippen LogP contribution in [-0.2, 0) is 21.9 Å². The van der Waals surface area contributed by atoms with Gasteiger partial charge in [0.25, 0.3) is 0 Å². The van der Waals surface area contributed by atoms with Crippen LogP contribution >= 0.6 is 11.6 Å². The van der Waals surface area contributed by atoms with Crippen molar-refractivity contribution < 1.29 is 22.5 Å². The van der Waals surface area contributed by atoms with Crippen molar-refractivity contribution in [3.05, 3.63) is 10.7 Å². The number of halogens is 1. The Morgan fingerprint density at radius 2 is 2.19 bits per heavy atom. The van der Waals surface area contributed by atoms with Gasteiger partial charge in [-0.1, -0.05) is 11.6 Å². The van der Waals surface area contributed by atoms with Crippen LogP contribution in [0.25, 0.3) is 0 Å². The average molecular weight is 269 g/mol. The molecule has 1 N–H and O–H groups in total. The summed E-state index contributed by atoms with van der Waals surface area (Å²) in [5.74, 6) is -0.951. The monoisotopic (exact) mass is 268 g/mol. The summed E-state index contributed by atoms with van der Waals surface area (Å²) in [5.41, 5.74) is -0.464. The van der Waals surface area contributed by atoms with Crippen molar-refractivity contribution in [2.75, 3.05) is 6.61 Å². The van der Waals surface area contributed by atoms with Gasteiger partial charge < -0.3 is 4.74 Å². The molecular weight excluding hydrogens is 260 g/mol. The van der Waals surface area contributed by atoms with E-state index >= 15 is 0 Å². The fraction of sp³-hybridized carbons (Fsp3) is 0.429. The van der Waals surface area contributed by atoms with E-state index in [-0.39, 0.29) is 11.8 Å². The van der Waals surface area contributed by atoms with E-state index in [1.807, 2.05) is 0 Å². The highest BCUT2D eigenvalue weighted by Crippen LogP contribution is 2.23. The van der Waals surface area contributed by atoms with Crippen LogP contribution in [-0.4, -0.2) is 35.3 Å². The highest BCUT2D eigenvalue weighted by Gasteiger charge is 2.30. The summed E-state index contributed by atoms with van der Waals surface area (Å²) in [5, 5.41) is 2.50. The molecule has 1 aromatic rings. The number of esters is 1. The number of aryl methyl sites for hydroxylation is 1. The molecule has 0 atom stereocenters. The molecule has 0 aliphatic carbocycles. The number of hydrogen-bond donors (Lipinski definition) is 1. The zero-order valence-electron chi connectivity index (χ0n) is 8.47. The molecular formula is C7H9ClN2O5S. The van der Waals surface area contributed by atoms with Crippen LogP contribution in [0.3, 0.4) is 0 Å². The summed E-state index contributed by atoms with van der Waals surface area (Å²) < 4.78 is 36.4. The predicted molar refractivity (Wildman–Crippen MR) is 54.0 cm³/mol. The van der Waals surface area contributed by atoms with Crippen LogP contribution in [0.2, 0.25) is 5.15 Å². The lowest BCUT2D eigenvalue weighted by atomic mass is 10.4. The maximum atomic E-state index is 11.4. The van der Waals surface area contributed by atoms with E-state index in [9.17, 15) is 13.2 Å². The highest BCUT2D eigenvalue weighted by molar-refractivity contribution is 7.85. The van der Waals surface area contributed by atoms with Gasteiger partial charge in [-0.25, -0.2) is 4.79 Å². The summed E-state index contributed by atoms with van der Waals surface area (Å²) >= 11 is 5.58. The molecule has 0 spiro atoms. The SMILES string of the molecule is CCOC(=O)c1c(Cl)nn(C)c1S(=O)(=O)O. The molecule has 16 heavy (non-hydrogen) atoms. The minimum absolute atomic E-state index is 0.0506. The fourth-order valence-corrected chi connectivity index (χ4v) is 2.30. The maximum absolute atomic E-state index is 11.4. The van der Waals surface area contributed by atoms with Gasteiger partial charge in [-0.15, -0.1) is 0 Å². The molecule has 0 aromatic carbocycles. The van der Waals surface area contributed by atoms with Crippen LogP contribution in [0, 0.1) is 0 Å². The Bertz CT molecular complexity index is 521. The van der Waals surface area contributed by atoms with Crippen LogP contribution in [0.1, 0.15) is 17.3 Å². The van der Waals surface area contributed by atoms with Gasteiger partial charge in [0, 0.05) is 7.05 Å². The first-order chi connectivity index (χ1) is 7.29. The molecule has 1 rings (SSSR count). The molecule has 0 fully saturated rings. The lowest BCUT2D eigenvalue weighted by Crippen LogP contribution is -2.13. The molecule has 0 aliphatic heterocycles.